The molecule has 0 unspecified atom stereocenters. The number of nitrogens with zero attached hydrogens (tertiary/aromatic N) is 2. The van der Waals surface area contributed by atoms with Crippen LogP contribution in [-0.4, -0.2) is 29.0 Å². The molecule has 0 heterocycles. The normalized spacial score (nSPS) is 10.8. The van der Waals surface area contributed by atoms with Gasteiger partial charge in [0.25, 0.3) is 11.6 Å². The van der Waals surface area contributed by atoms with Crippen molar-refractivity contribution < 1.29 is 29.1 Å². The van der Waals surface area contributed by atoms with Gasteiger partial charge in [0.1, 0.15) is 18.2 Å². The number of nitro groups is 1. The number of benzene rings is 3. The third-order valence-corrected chi connectivity index (χ3v) is 5.08. The van der Waals surface area contributed by atoms with Crippen LogP contribution in [-0.2, 0) is 11.4 Å². The molecule has 0 aliphatic heterocycles. The Morgan fingerprint density at radius 2 is 1.94 bits per heavy atom. The summed E-state index contributed by atoms with van der Waals surface area (Å²) in [5.74, 6) is -1.51. The Bertz CT molecular complexity index is 1410. The number of nitrogens with one attached hydrogen (secondary N) is 1. The largest absolute Gasteiger partial charge is 0.493 e. The Kier molecular flexibility index (Phi) is 8.22. The maximum atomic E-state index is 12.6. The van der Waals surface area contributed by atoms with Gasteiger partial charge in [0.05, 0.1) is 22.6 Å². The van der Waals surface area contributed by atoms with E-state index in [1.54, 1.807) is 12.1 Å². The fourth-order valence-electron chi connectivity index (χ4n) is 3.12. The van der Waals surface area contributed by atoms with Crippen LogP contribution in [0.3, 0.4) is 0 Å². The van der Waals surface area contributed by atoms with Crippen LogP contribution in [0.5, 0.6) is 11.5 Å². The first-order valence-electron chi connectivity index (χ1n) is 10.2. The molecule has 0 radical (unpaired) electrons. The number of carboxylic acid groups (broad SMARTS) is 1. The molecular weight excluding hydrogens is 490 g/mol. The first kappa shape index (κ1) is 25.7. The van der Waals surface area contributed by atoms with Crippen LogP contribution < -0.4 is 14.8 Å². The number of carboxylic acids is 1. The molecule has 3 rings (SSSR count). The van der Waals surface area contributed by atoms with Crippen LogP contribution in [0.4, 0.5) is 11.4 Å². The zero-order valence-corrected chi connectivity index (χ0v) is 19.5. The molecule has 36 heavy (non-hydrogen) atoms. The third-order valence-electron chi connectivity index (χ3n) is 4.80. The average molecular weight is 508 g/mol. The number of aromatic carboxylic acids is 1. The van der Waals surface area contributed by atoms with Gasteiger partial charge in [0.15, 0.2) is 11.5 Å². The number of anilines is 1. The summed E-state index contributed by atoms with van der Waals surface area (Å²) in [5.41, 5.74) is 0.757. The van der Waals surface area contributed by atoms with Crippen LogP contribution in [0.15, 0.2) is 66.2 Å². The van der Waals surface area contributed by atoms with E-state index in [0.29, 0.717) is 11.1 Å². The number of amides is 1. The molecule has 3 aromatic carbocycles. The molecule has 0 atom stereocenters. The number of nitro benzene ring substituents is 1. The van der Waals surface area contributed by atoms with Gasteiger partial charge in [-0.2, -0.15) is 5.26 Å². The Hall–Kier alpha value is -4.88. The number of ether oxygens (including phenoxy) is 2. The molecule has 1 amide bonds. The molecule has 0 bridgehead atoms. The predicted octanol–water partition coefficient (Wildman–Crippen LogP) is 5.08. The number of rotatable bonds is 9. The molecule has 0 aliphatic carbocycles. The number of carbonyl (C=O) groups is 2. The van der Waals surface area contributed by atoms with Crippen molar-refractivity contribution in [1.29, 1.82) is 5.26 Å². The van der Waals surface area contributed by atoms with Gasteiger partial charge in [0, 0.05) is 17.8 Å². The quantitative estimate of drug-likeness (QED) is 0.176. The van der Waals surface area contributed by atoms with E-state index in [4.69, 9.17) is 26.2 Å². The number of halogens is 1. The van der Waals surface area contributed by atoms with Gasteiger partial charge in [-0.1, -0.05) is 29.8 Å². The van der Waals surface area contributed by atoms with Gasteiger partial charge in [0.2, 0.25) is 0 Å². The number of hydrogen-bond acceptors (Lipinski definition) is 7. The lowest BCUT2D eigenvalue weighted by Gasteiger charge is -2.13. The highest BCUT2D eigenvalue weighted by Crippen LogP contribution is 2.37. The van der Waals surface area contributed by atoms with E-state index in [2.05, 4.69) is 5.32 Å². The van der Waals surface area contributed by atoms with E-state index in [1.165, 1.54) is 67.8 Å². The van der Waals surface area contributed by atoms with Crippen molar-refractivity contribution >= 4 is 40.9 Å². The maximum Gasteiger partial charge on any atom is 0.335 e. The minimum Gasteiger partial charge on any atom is -0.493 e. The second-order valence-electron chi connectivity index (χ2n) is 7.26. The summed E-state index contributed by atoms with van der Waals surface area (Å²) in [6.07, 6.45) is 1.29. The minimum atomic E-state index is -1.16. The average Bonchev–Trinajstić information content (AvgIpc) is 2.86. The summed E-state index contributed by atoms with van der Waals surface area (Å²) >= 11 is 6.36. The summed E-state index contributed by atoms with van der Waals surface area (Å²) < 4.78 is 11.1. The third kappa shape index (κ3) is 6.37. The van der Waals surface area contributed by atoms with Crippen molar-refractivity contribution in [2.45, 2.75) is 6.61 Å². The van der Waals surface area contributed by atoms with Crippen molar-refractivity contribution in [3.05, 3.63) is 98.1 Å². The Morgan fingerprint density at radius 3 is 2.61 bits per heavy atom. The van der Waals surface area contributed by atoms with Gasteiger partial charge in [-0.05, 0) is 47.5 Å². The molecule has 3 aromatic rings. The van der Waals surface area contributed by atoms with Gasteiger partial charge in [-0.15, -0.1) is 0 Å². The molecule has 10 nitrogen and oxygen atoms in total. The zero-order chi connectivity index (χ0) is 26.2. The standard InChI is InChI=1S/C25H18ClN3O7/c1-35-22-11-16(8-18(13-27)24(30)28-19-6-3-5-17(12-19)25(31)32)10-21(26)23(22)36-14-15-4-2-7-20(9-15)29(33)34/h2-12H,14H2,1H3,(H,28,30)(H,31,32)/b18-8-. The van der Waals surface area contributed by atoms with Crippen LogP contribution in [0.25, 0.3) is 6.08 Å². The fraction of sp³-hybridized carbons (Fsp3) is 0.0800. The molecular formula is C25H18ClN3O7. The van der Waals surface area contributed by atoms with Crippen molar-refractivity contribution in [3.63, 3.8) is 0 Å². The molecule has 11 heteroatoms. The first-order chi connectivity index (χ1) is 17.2. The summed E-state index contributed by atoms with van der Waals surface area (Å²) in [6, 6.07) is 16.3. The van der Waals surface area contributed by atoms with E-state index in [0.717, 1.165) is 0 Å². The Morgan fingerprint density at radius 1 is 1.19 bits per heavy atom. The maximum absolute atomic E-state index is 12.6. The van der Waals surface area contributed by atoms with Crippen molar-refractivity contribution in [3.8, 4) is 17.6 Å². The molecule has 0 spiro atoms. The molecule has 0 saturated heterocycles. The highest BCUT2D eigenvalue weighted by atomic mass is 35.5. The van der Waals surface area contributed by atoms with E-state index < -0.39 is 16.8 Å². The number of carbonyl (C=O) groups excluding carboxylic acids is 1. The monoisotopic (exact) mass is 507 g/mol. The Balaban J connectivity index is 1.82. The highest BCUT2D eigenvalue weighted by molar-refractivity contribution is 6.32. The molecule has 182 valence electrons. The van der Waals surface area contributed by atoms with Gasteiger partial charge in [-0.3, -0.25) is 14.9 Å². The lowest BCUT2D eigenvalue weighted by atomic mass is 10.1. The van der Waals surface area contributed by atoms with Gasteiger partial charge in [-0.25, -0.2) is 4.79 Å². The van der Waals surface area contributed by atoms with Crippen molar-refractivity contribution in [1.82, 2.24) is 0 Å². The number of non-ortho nitro benzene ring substituents is 1. The van der Waals surface area contributed by atoms with E-state index in [9.17, 15) is 25.0 Å². The fourth-order valence-corrected chi connectivity index (χ4v) is 3.40. The molecule has 2 N–H and O–H groups in total. The van der Waals surface area contributed by atoms with Crippen molar-refractivity contribution in [2.24, 2.45) is 0 Å². The topological polar surface area (TPSA) is 152 Å². The van der Waals surface area contributed by atoms with Crippen molar-refractivity contribution in [2.75, 3.05) is 12.4 Å². The van der Waals surface area contributed by atoms with Crippen LogP contribution in [0.2, 0.25) is 5.02 Å². The molecule has 0 fully saturated rings. The lowest BCUT2D eigenvalue weighted by Crippen LogP contribution is -2.14. The smallest absolute Gasteiger partial charge is 0.335 e. The van der Waals surface area contributed by atoms with Crippen LogP contribution in [0.1, 0.15) is 21.5 Å². The molecule has 0 aromatic heterocycles. The second-order valence-corrected chi connectivity index (χ2v) is 7.67. The number of nitriles is 1. The lowest BCUT2D eigenvalue weighted by molar-refractivity contribution is -0.384. The van der Waals surface area contributed by atoms with Crippen LogP contribution >= 0.6 is 11.6 Å². The van der Waals surface area contributed by atoms with E-state index in [-0.39, 0.29) is 45.6 Å². The summed E-state index contributed by atoms with van der Waals surface area (Å²) in [5, 5.41) is 32.2. The summed E-state index contributed by atoms with van der Waals surface area (Å²) in [7, 11) is 1.38. The Labute approximate surface area is 210 Å². The number of methoxy groups -OCH3 is 1. The van der Waals surface area contributed by atoms with Gasteiger partial charge < -0.3 is 19.9 Å². The van der Waals surface area contributed by atoms with E-state index >= 15 is 0 Å². The molecule has 0 saturated carbocycles. The first-order valence-corrected chi connectivity index (χ1v) is 10.6. The van der Waals surface area contributed by atoms with Crippen LogP contribution in [0, 0.1) is 21.4 Å². The predicted molar refractivity (Wildman–Crippen MR) is 131 cm³/mol. The molecule has 0 aliphatic rings. The summed E-state index contributed by atoms with van der Waals surface area (Å²) in [6.45, 7) is -0.0196. The minimum absolute atomic E-state index is 0.0196. The van der Waals surface area contributed by atoms with E-state index in [1.807, 2.05) is 0 Å². The van der Waals surface area contributed by atoms with Gasteiger partial charge >= 0.3 is 5.97 Å². The highest BCUT2D eigenvalue weighted by Gasteiger charge is 2.16. The zero-order valence-electron chi connectivity index (χ0n) is 18.7. The SMILES string of the molecule is COc1cc(/C=C(/C#N)C(=O)Nc2cccc(C(=O)O)c2)cc(Cl)c1OCc1cccc([N+](=O)[O-])c1. The summed E-state index contributed by atoms with van der Waals surface area (Å²) in [4.78, 5) is 34.2. The second kappa shape index (κ2) is 11.5. The number of hydrogen-bond donors (Lipinski definition) is 2.